The monoisotopic (exact) mass is 461 g/mol. The highest BCUT2D eigenvalue weighted by atomic mass is 32.2. The number of nitrogens with two attached hydrogens (primary N) is 1. The van der Waals surface area contributed by atoms with Crippen molar-refractivity contribution in [3.05, 3.63) is 48.5 Å². The van der Waals surface area contributed by atoms with Crippen molar-refractivity contribution >= 4 is 50.4 Å². The summed E-state index contributed by atoms with van der Waals surface area (Å²) >= 11 is 1.18. The van der Waals surface area contributed by atoms with Crippen molar-refractivity contribution in [1.82, 2.24) is 14.9 Å². The number of imidazole rings is 1. The molecule has 0 unspecified atom stereocenters. The van der Waals surface area contributed by atoms with Gasteiger partial charge in [-0.3, -0.25) is 10.1 Å². The molecule has 0 aliphatic rings. The van der Waals surface area contributed by atoms with Crippen LogP contribution in [0.4, 0.5) is 10.5 Å². The number of rotatable bonds is 7. The Kier molecular flexibility index (Phi) is 6.98. The number of carbonyl (C=O) groups excluding carboxylic acids is 2. The second kappa shape index (κ2) is 9.50. The lowest BCUT2D eigenvalue weighted by molar-refractivity contribution is -0.119. The SMILES string of the molecule is CCCn1c(S[C@@H](C)C(=O)NC(=O)Nc2ccccc2)nc2cc(S(N)(=O)=O)ccc21. The summed E-state index contributed by atoms with van der Waals surface area (Å²) in [5, 5.41) is 10.1. The average Bonchev–Trinajstić information content (AvgIpc) is 3.04. The van der Waals surface area contributed by atoms with Crippen LogP contribution in [0.3, 0.4) is 0 Å². The maximum atomic E-state index is 12.5. The number of hydrogen-bond donors (Lipinski definition) is 3. The number of amides is 3. The number of urea groups is 1. The molecular weight excluding hydrogens is 438 g/mol. The first-order valence-electron chi connectivity index (χ1n) is 9.55. The number of imide groups is 1. The molecule has 164 valence electrons. The molecular formula is C20H23N5O4S2. The van der Waals surface area contributed by atoms with Gasteiger partial charge in [-0.25, -0.2) is 23.3 Å². The first-order valence-corrected chi connectivity index (χ1v) is 12.0. The van der Waals surface area contributed by atoms with Crippen molar-refractivity contribution in [3.8, 4) is 0 Å². The van der Waals surface area contributed by atoms with Crippen molar-refractivity contribution in [2.24, 2.45) is 5.14 Å². The van der Waals surface area contributed by atoms with Gasteiger partial charge in [0.1, 0.15) is 0 Å². The summed E-state index contributed by atoms with van der Waals surface area (Å²) in [7, 11) is -3.85. The Hall–Kier alpha value is -2.89. The number of aryl methyl sites for hydroxylation is 1. The lowest BCUT2D eigenvalue weighted by Crippen LogP contribution is -2.38. The zero-order chi connectivity index (χ0) is 22.6. The van der Waals surface area contributed by atoms with Crippen LogP contribution in [0, 0.1) is 0 Å². The molecule has 31 heavy (non-hydrogen) atoms. The van der Waals surface area contributed by atoms with Crippen molar-refractivity contribution in [3.63, 3.8) is 0 Å². The Labute approximate surface area is 184 Å². The standard InChI is InChI=1S/C20H23N5O4S2/c1-3-11-25-17-10-9-15(31(21,28)29)12-16(17)23-20(25)30-13(2)18(26)24-19(27)22-14-7-5-4-6-8-14/h4-10,12-13H,3,11H2,1-2H3,(H2,21,28,29)(H2,22,24,26,27)/t13-/m0/s1. The molecule has 4 N–H and O–H groups in total. The van der Waals surface area contributed by atoms with Crippen LogP contribution < -0.4 is 15.8 Å². The largest absolute Gasteiger partial charge is 0.325 e. The number of hydrogen-bond acceptors (Lipinski definition) is 6. The van der Waals surface area contributed by atoms with Crippen LogP contribution in [0.5, 0.6) is 0 Å². The fraction of sp³-hybridized carbons (Fsp3) is 0.250. The van der Waals surface area contributed by atoms with Gasteiger partial charge in [0, 0.05) is 12.2 Å². The lowest BCUT2D eigenvalue weighted by atomic mass is 10.3. The van der Waals surface area contributed by atoms with Crippen molar-refractivity contribution in [2.45, 2.75) is 42.1 Å². The number of benzene rings is 2. The van der Waals surface area contributed by atoms with Crippen molar-refractivity contribution in [1.29, 1.82) is 0 Å². The molecule has 0 bridgehead atoms. The van der Waals surface area contributed by atoms with Crippen LogP contribution in [-0.2, 0) is 21.4 Å². The summed E-state index contributed by atoms with van der Waals surface area (Å²) in [6.07, 6.45) is 0.815. The second-order valence-corrected chi connectivity index (χ2v) is 9.68. The number of nitrogens with zero attached hydrogens (tertiary/aromatic N) is 2. The van der Waals surface area contributed by atoms with Gasteiger partial charge in [0.25, 0.3) is 0 Å². The molecule has 0 aliphatic heterocycles. The maximum Gasteiger partial charge on any atom is 0.325 e. The maximum absolute atomic E-state index is 12.5. The molecule has 2 aromatic carbocycles. The molecule has 0 fully saturated rings. The third kappa shape index (κ3) is 5.63. The highest BCUT2D eigenvalue weighted by Crippen LogP contribution is 2.29. The van der Waals surface area contributed by atoms with Crippen molar-refractivity contribution < 1.29 is 18.0 Å². The summed E-state index contributed by atoms with van der Waals surface area (Å²) in [6, 6.07) is 12.7. The number of carbonyl (C=O) groups is 2. The molecule has 1 aromatic heterocycles. The van der Waals surface area contributed by atoms with Crippen LogP contribution in [0.2, 0.25) is 0 Å². The van der Waals surface area contributed by atoms with Crippen LogP contribution >= 0.6 is 11.8 Å². The molecule has 0 saturated heterocycles. The Balaban J connectivity index is 1.76. The number of thioether (sulfide) groups is 1. The van der Waals surface area contributed by atoms with E-state index in [0.717, 1.165) is 11.9 Å². The number of nitrogens with one attached hydrogen (secondary N) is 2. The zero-order valence-electron chi connectivity index (χ0n) is 17.0. The molecule has 0 radical (unpaired) electrons. The molecule has 11 heteroatoms. The topological polar surface area (TPSA) is 136 Å². The van der Waals surface area contributed by atoms with Gasteiger partial charge in [-0.2, -0.15) is 0 Å². The van der Waals surface area contributed by atoms with E-state index in [-0.39, 0.29) is 4.90 Å². The van der Waals surface area contributed by atoms with Crippen molar-refractivity contribution in [2.75, 3.05) is 5.32 Å². The van der Waals surface area contributed by atoms with Gasteiger partial charge >= 0.3 is 6.03 Å². The molecule has 0 spiro atoms. The molecule has 1 heterocycles. The van der Waals surface area contributed by atoms with E-state index < -0.39 is 27.2 Å². The number of para-hydroxylation sites is 1. The minimum absolute atomic E-state index is 0.0268. The van der Waals surface area contributed by atoms with Crippen LogP contribution in [-0.4, -0.2) is 35.2 Å². The summed E-state index contributed by atoms with van der Waals surface area (Å²) in [4.78, 5) is 29.0. The summed E-state index contributed by atoms with van der Waals surface area (Å²) in [5.41, 5.74) is 1.78. The average molecular weight is 462 g/mol. The van der Waals surface area contributed by atoms with E-state index >= 15 is 0 Å². The Morgan fingerprint density at radius 3 is 2.55 bits per heavy atom. The van der Waals surface area contributed by atoms with E-state index in [1.807, 2.05) is 17.6 Å². The Morgan fingerprint density at radius 1 is 1.19 bits per heavy atom. The van der Waals surface area contributed by atoms with E-state index in [9.17, 15) is 18.0 Å². The van der Waals surface area contributed by atoms with E-state index in [1.54, 1.807) is 37.3 Å². The predicted octanol–water partition coefficient (Wildman–Crippen LogP) is 2.92. The number of fused-ring (bicyclic) bond motifs is 1. The number of primary sulfonamides is 1. The Bertz CT molecular complexity index is 1210. The van der Waals surface area contributed by atoms with Crippen LogP contribution in [0.25, 0.3) is 11.0 Å². The predicted molar refractivity (Wildman–Crippen MR) is 120 cm³/mol. The fourth-order valence-corrected chi connectivity index (χ4v) is 4.39. The number of anilines is 1. The van der Waals surface area contributed by atoms with E-state index in [4.69, 9.17) is 5.14 Å². The first-order chi connectivity index (χ1) is 14.7. The molecule has 0 saturated carbocycles. The lowest BCUT2D eigenvalue weighted by Gasteiger charge is -2.13. The molecule has 3 rings (SSSR count). The zero-order valence-corrected chi connectivity index (χ0v) is 18.7. The molecule has 3 aromatic rings. The van der Waals surface area contributed by atoms with Crippen LogP contribution in [0.1, 0.15) is 20.3 Å². The van der Waals surface area contributed by atoms with E-state index in [1.165, 1.54) is 23.9 Å². The number of aromatic nitrogens is 2. The highest BCUT2D eigenvalue weighted by molar-refractivity contribution is 8.00. The highest BCUT2D eigenvalue weighted by Gasteiger charge is 2.22. The van der Waals surface area contributed by atoms with Gasteiger partial charge in [0.05, 0.1) is 21.2 Å². The molecule has 9 nitrogen and oxygen atoms in total. The normalized spacial score (nSPS) is 12.5. The molecule has 0 aliphatic carbocycles. The third-order valence-electron chi connectivity index (χ3n) is 4.38. The molecule has 3 amide bonds. The molecule has 1 atom stereocenters. The summed E-state index contributed by atoms with van der Waals surface area (Å²) in [5.74, 6) is -0.473. The van der Waals surface area contributed by atoms with Gasteiger partial charge in [-0.15, -0.1) is 0 Å². The fourth-order valence-electron chi connectivity index (χ4n) is 2.90. The van der Waals surface area contributed by atoms with Crippen LogP contribution in [0.15, 0.2) is 58.6 Å². The van der Waals surface area contributed by atoms with Gasteiger partial charge in [0.2, 0.25) is 15.9 Å². The quantitative estimate of drug-likeness (QED) is 0.463. The van der Waals surface area contributed by atoms with Gasteiger partial charge in [-0.1, -0.05) is 36.9 Å². The van der Waals surface area contributed by atoms with Gasteiger partial charge in [0.15, 0.2) is 5.16 Å². The third-order valence-corrected chi connectivity index (χ3v) is 6.38. The first kappa shape index (κ1) is 22.8. The second-order valence-electron chi connectivity index (χ2n) is 6.81. The number of sulfonamides is 1. The minimum atomic E-state index is -3.85. The van der Waals surface area contributed by atoms with Gasteiger partial charge < -0.3 is 9.88 Å². The van der Waals surface area contributed by atoms with E-state index in [0.29, 0.717) is 22.9 Å². The summed E-state index contributed by atoms with van der Waals surface area (Å²) < 4.78 is 25.2. The Morgan fingerprint density at radius 2 is 1.90 bits per heavy atom. The van der Waals surface area contributed by atoms with Gasteiger partial charge in [-0.05, 0) is 43.7 Å². The smallest absolute Gasteiger partial charge is 0.319 e. The summed E-state index contributed by atoms with van der Waals surface area (Å²) in [6.45, 7) is 4.31. The minimum Gasteiger partial charge on any atom is -0.319 e. The van der Waals surface area contributed by atoms with E-state index in [2.05, 4.69) is 15.6 Å².